The molecular formula is C21H22ClFN2O6. The number of carboxylic acid groups (broad SMARTS) is 3. The zero-order chi connectivity index (χ0) is 23.1. The first-order valence-electron chi connectivity index (χ1n) is 9.29. The lowest BCUT2D eigenvalue weighted by Crippen LogP contribution is -2.35. The molecule has 3 rings (SSSR count). The number of carboxylic acids is 2. The molecule has 1 heterocycles. The molecule has 31 heavy (non-hydrogen) atoms. The standard InChI is InChI=1S/C19H20ClFN2O2.C2H2O4/c1-22-9-8-13(11-22)12-23(19(24)25)18-5-3-2-4-15(18)14-6-7-17(21)16(20)10-14;3-1(4)2(5)6/h2-7,10,13H,8-9,11-12H2,1H3,(H,24,25);(H,3,4)(H,5,6)/t13-;/m1./s1. The summed E-state index contributed by atoms with van der Waals surface area (Å²) in [6.07, 6.45) is -0.0135. The van der Waals surface area contributed by atoms with Gasteiger partial charge in [0.15, 0.2) is 0 Å². The van der Waals surface area contributed by atoms with E-state index in [9.17, 15) is 14.3 Å². The lowest BCUT2D eigenvalue weighted by Gasteiger charge is -2.25. The molecular weight excluding hydrogens is 431 g/mol. The monoisotopic (exact) mass is 452 g/mol. The summed E-state index contributed by atoms with van der Waals surface area (Å²) in [5, 5.41) is 24.6. The van der Waals surface area contributed by atoms with E-state index in [0.717, 1.165) is 25.1 Å². The number of halogens is 2. The third-order valence-corrected chi connectivity index (χ3v) is 5.06. The van der Waals surface area contributed by atoms with Crippen LogP contribution in [-0.4, -0.2) is 64.9 Å². The van der Waals surface area contributed by atoms with Crippen LogP contribution < -0.4 is 4.90 Å². The van der Waals surface area contributed by atoms with E-state index in [4.69, 9.17) is 31.4 Å². The first kappa shape index (κ1) is 24.1. The Kier molecular flexibility index (Phi) is 8.35. The van der Waals surface area contributed by atoms with Crippen molar-refractivity contribution in [2.45, 2.75) is 6.42 Å². The van der Waals surface area contributed by atoms with Crippen molar-refractivity contribution in [3.05, 3.63) is 53.3 Å². The van der Waals surface area contributed by atoms with Crippen LogP contribution in [0, 0.1) is 11.7 Å². The smallest absolute Gasteiger partial charge is 0.414 e. The van der Waals surface area contributed by atoms with Crippen molar-refractivity contribution in [3.63, 3.8) is 0 Å². The van der Waals surface area contributed by atoms with Crippen molar-refractivity contribution in [2.24, 2.45) is 5.92 Å². The van der Waals surface area contributed by atoms with Gasteiger partial charge in [-0.1, -0.05) is 35.9 Å². The van der Waals surface area contributed by atoms with E-state index in [1.165, 1.54) is 17.0 Å². The van der Waals surface area contributed by atoms with Gasteiger partial charge in [0, 0.05) is 18.7 Å². The molecule has 1 saturated heterocycles. The van der Waals surface area contributed by atoms with E-state index >= 15 is 0 Å². The molecule has 1 fully saturated rings. The molecule has 166 valence electrons. The first-order chi connectivity index (χ1) is 14.6. The molecule has 10 heteroatoms. The minimum absolute atomic E-state index is 0.0200. The summed E-state index contributed by atoms with van der Waals surface area (Å²) < 4.78 is 13.5. The van der Waals surface area contributed by atoms with E-state index in [0.29, 0.717) is 23.7 Å². The number of anilines is 1. The summed E-state index contributed by atoms with van der Waals surface area (Å²) in [5.74, 6) is -3.84. The van der Waals surface area contributed by atoms with Crippen molar-refractivity contribution in [1.82, 2.24) is 4.90 Å². The SMILES string of the molecule is CN1CC[C@@H](CN(C(=O)O)c2ccccc2-c2ccc(F)c(Cl)c2)C1.O=C(O)C(=O)O. The van der Waals surface area contributed by atoms with Gasteiger partial charge in [0.2, 0.25) is 0 Å². The van der Waals surface area contributed by atoms with Crippen LogP contribution >= 0.6 is 11.6 Å². The molecule has 2 aromatic rings. The van der Waals surface area contributed by atoms with Crippen LogP contribution in [0.5, 0.6) is 0 Å². The summed E-state index contributed by atoms with van der Waals surface area (Å²) in [6, 6.07) is 11.7. The second-order valence-corrected chi connectivity index (χ2v) is 7.47. The van der Waals surface area contributed by atoms with Gasteiger partial charge in [0.25, 0.3) is 0 Å². The Labute approximate surface area is 183 Å². The molecule has 0 spiro atoms. The quantitative estimate of drug-likeness (QED) is 0.604. The molecule has 1 aliphatic heterocycles. The van der Waals surface area contributed by atoms with Gasteiger partial charge < -0.3 is 20.2 Å². The minimum Gasteiger partial charge on any atom is -0.473 e. The van der Waals surface area contributed by atoms with Crippen LogP contribution in [0.3, 0.4) is 0 Å². The van der Waals surface area contributed by atoms with Gasteiger partial charge in [-0.15, -0.1) is 0 Å². The van der Waals surface area contributed by atoms with Crippen molar-refractivity contribution in [1.29, 1.82) is 0 Å². The van der Waals surface area contributed by atoms with Crippen molar-refractivity contribution in [3.8, 4) is 11.1 Å². The van der Waals surface area contributed by atoms with Crippen LogP contribution in [0.1, 0.15) is 6.42 Å². The van der Waals surface area contributed by atoms with Crippen LogP contribution in [0.15, 0.2) is 42.5 Å². The molecule has 0 radical (unpaired) electrons. The topological polar surface area (TPSA) is 118 Å². The maximum Gasteiger partial charge on any atom is 0.414 e. The Balaban J connectivity index is 0.000000501. The third kappa shape index (κ3) is 6.66. The Morgan fingerprint density at radius 1 is 1.13 bits per heavy atom. The highest BCUT2D eigenvalue weighted by molar-refractivity contribution is 6.31. The lowest BCUT2D eigenvalue weighted by molar-refractivity contribution is -0.159. The predicted molar refractivity (Wildman–Crippen MR) is 113 cm³/mol. The molecule has 0 aromatic heterocycles. The highest BCUT2D eigenvalue weighted by Crippen LogP contribution is 2.34. The molecule has 0 unspecified atom stereocenters. The van der Waals surface area contributed by atoms with Crippen LogP contribution in [0.2, 0.25) is 5.02 Å². The number of rotatable bonds is 4. The molecule has 3 N–H and O–H groups in total. The highest BCUT2D eigenvalue weighted by atomic mass is 35.5. The lowest BCUT2D eigenvalue weighted by atomic mass is 10.0. The molecule has 1 aliphatic rings. The van der Waals surface area contributed by atoms with E-state index in [2.05, 4.69) is 4.90 Å². The molecule has 0 bridgehead atoms. The molecule has 2 aromatic carbocycles. The molecule has 8 nitrogen and oxygen atoms in total. The van der Waals surface area contributed by atoms with Gasteiger partial charge in [-0.2, -0.15) is 0 Å². The van der Waals surface area contributed by atoms with Gasteiger partial charge in [-0.25, -0.2) is 18.8 Å². The van der Waals surface area contributed by atoms with Crippen molar-refractivity contribution in [2.75, 3.05) is 31.6 Å². The largest absolute Gasteiger partial charge is 0.473 e. The number of hydrogen-bond acceptors (Lipinski definition) is 4. The summed E-state index contributed by atoms with van der Waals surface area (Å²) in [6.45, 7) is 2.30. The maximum atomic E-state index is 13.5. The first-order valence-corrected chi connectivity index (χ1v) is 9.67. The van der Waals surface area contributed by atoms with Gasteiger partial charge in [-0.3, -0.25) is 4.90 Å². The normalized spacial score (nSPS) is 15.6. The van der Waals surface area contributed by atoms with Crippen molar-refractivity contribution >= 4 is 35.3 Å². The van der Waals surface area contributed by atoms with E-state index < -0.39 is 23.8 Å². The van der Waals surface area contributed by atoms with Gasteiger partial charge in [0.1, 0.15) is 5.82 Å². The summed E-state index contributed by atoms with van der Waals surface area (Å²) in [7, 11) is 2.04. The molecule has 1 amide bonds. The Hall–Kier alpha value is -3.17. The van der Waals surface area contributed by atoms with Gasteiger partial charge in [-0.05, 0) is 49.7 Å². The minimum atomic E-state index is -1.82. The number of aliphatic carboxylic acids is 2. The average molecular weight is 453 g/mol. The maximum absolute atomic E-state index is 13.5. The summed E-state index contributed by atoms with van der Waals surface area (Å²) in [4.78, 5) is 33.7. The molecule has 0 aliphatic carbocycles. The fraction of sp³-hybridized carbons (Fsp3) is 0.286. The second kappa shape index (κ2) is 10.7. The Morgan fingerprint density at radius 3 is 2.29 bits per heavy atom. The number of carbonyl (C=O) groups is 3. The summed E-state index contributed by atoms with van der Waals surface area (Å²) in [5.41, 5.74) is 2.00. The predicted octanol–water partition coefficient (Wildman–Crippen LogP) is 3.74. The number of benzene rings is 2. The van der Waals surface area contributed by atoms with Crippen molar-refractivity contribution < 1.29 is 34.1 Å². The number of para-hydroxylation sites is 1. The highest BCUT2D eigenvalue weighted by Gasteiger charge is 2.26. The van der Waals surface area contributed by atoms with Crippen LogP contribution in [-0.2, 0) is 9.59 Å². The Morgan fingerprint density at radius 2 is 1.77 bits per heavy atom. The molecule has 1 atom stereocenters. The van der Waals surface area contributed by atoms with E-state index in [1.807, 2.05) is 19.2 Å². The van der Waals surface area contributed by atoms with E-state index in [-0.39, 0.29) is 5.02 Å². The van der Waals surface area contributed by atoms with Crippen LogP contribution in [0.4, 0.5) is 14.9 Å². The third-order valence-electron chi connectivity index (χ3n) is 4.77. The molecule has 0 saturated carbocycles. The van der Waals surface area contributed by atoms with E-state index in [1.54, 1.807) is 18.2 Å². The number of amides is 1. The fourth-order valence-corrected chi connectivity index (χ4v) is 3.51. The summed E-state index contributed by atoms with van der Waals surface area (Å²) >= 11 is 5.90. The van der Waals surface area contributed by atoms with Gasteiger partial charge in [0.05, 0.1) is 10.7 Å². The number of hydrogen-bond donors (Lipinski definition) is 3. The van der Waals surface area contributed by atoms with Gasteiger partial charge >= 0.3 is 18.0 Å². The zero-order valence-corrected chi connectivity index (χ0v) is 17.4. The number of likely N-dealkylation sites (tertiary alicyclic amines) is 1. The second-order valence-electron chi connectivity index (χ2n) is 7.07. The van der Waals surface area contributed by atoms with Crippen LogP contribution in [0.25, 0.3) is 11.1 Å². The Bertz CT molecular complexity index is 959. The average Bonchev–Trinajstić information content (AvgIpc) is 3.13. The fourth-order valence-electron chi connectivity index (χ4n) is 3.33. The number of nitrogens with zero attached hydrogens (tertiary/aromatic N) is 2. The zero-order valence-electron chi connectivity index (χ0n) is 16.7.